The molecule has 0 amide bonds. The molecule has 2 rings (SSSR count). The fourth-order valence-corrected chi connectivity index (χ4v) is 3.12. The number of alkyl halides is 3. The topological polar surface area (TPSA) is 39.7 Å². The van der Waals surface area contributed by atoms with Crippen LogP contribution in [-0.4, -0.2) is 43.7 Å². The minimum atomic E-state index is -4.16. The zero-order valence-corrected chi connectivity index (χ0v) is 18.1. The number of nitrogens with zero attached hydrogens (tertiary/aromatic N) is 2. The molecule has 0 aliphatic carbocycles. The number of rotatable bonds is 6. The molecule has 1 fully saturated rings. The van der Waals surface area contributed by atoms with Crippen LogP contribution in [0.3, 0.4) is 0 Å². The molecule has 154 valence electrons. The van der Waals surface area contributed by atoms with Crippen molar-refractivity contribution in [3.63, 3.8) is 0 Å². The lowest BCUT2D eigenvalue weighted by Gasteiger charge is -2.20. The maximum absolute atomic E-state index is 12.2. The van der Waals surface area contributed by atoms with Crippen molar-refractivity contribution in [2.24, 2.45) is 4.99 Å². The van der Waals surface area contributed by atoms with Crippen LogP contribution in [0.1, 0.15) is 43.2 Å². The summed E-state index contributed by atoms with van der Waals surface area (Å²) in [4.78, 5) is 6.47. The van der Waals surface area contributed by atoms with Crippen LogP contribution in [-0.2, 0) is 13.1 Å². The van der Waals surface area contributed by atoms with Gasteiger partial charge < -0.3 is 10.6 Å². The number of hydrogen-bond acceptors (Lipinski definition) is 2. The standard InChI is InChI=1S/C19H29F3N4.HI/c1-23-18(24-10-9-19(20,21)22)25-14-16-7-6-8-17(13-16)15-26-11-4-2-3-5-12-26;/h6-8,13H,2-5,9-12,14-15H2,1H3,(H2,23,24,25);1H. The number of nitrogens with one attached hydrogen (secondary N) is 2. The van der Waals surface area contributed by atoms with Crippen LogP contribution >= 0.6 is 24.0 Å². The molecular formula is C19H30F3IN4. The van der Waals surface area contributed by atoms with Crippen molar-refractivity contribution in [3.8, 4) is 0 Å². The molecule has 8 heteroatoms. The van der Waals surface area contributed by atoms with Crippen molar-refractivity contribution in [1.29, 1.82) is 0 Å². The predicted molar refractivity (Wildman–Crippen MR) is 114 cm³/mol. The first-order chi connectivity index (χ1) is 12.5. The molecule has 1 aromatic rings. The Kier molecular flexibility index (Phi) is 11.1. The lowest BCUT2D eigenvalue weighted by Crippen LogP contribution is -2.38. The molecule has 0 radical (unpaired) electrons. The van der Waals surface area contributed by atoms with E-state index >= 15 is 0 Å². The predicted octanol–water partition coefficient (Wildman–Crippen LogP) is 4.30. The van der Waals surface area contributed by atoms with E-state index in [0.29, 0.717) is 12.5 Å². The van der Waals surface area contributed by atoms with E-state index in [9.17, 15) is 13.2 Å². The summed E-state index contributed by atoms with van der Waals surface area (Å²) >= 11 is 0. The summed E-state index contributed by atoms with van der Waals surface area (Å²) in [5.74, 6) is 0.382. The molecule has 0 aromatic heterocycles. The van der Waals surface area contributed by atoms with Gasteiger partial charge in [0.1, 0.15) is 0 Å². The third-order valence-corrected chi connectivity index (χ3v) is 4.48. The third-order valence-electron chi connectivity index (χ3n) is 4.48. The van der Waals surface area contributed by atoms with Gasteiger partial charge in [0.2, 0.25) is 0 Å². The second-order valence-corrected chi connectivity index (χ2v) is 6.73. The highest BCUT2D eigenvalue weighted by Crippen LogP contribution is 2.18. The fraction of sp³-hybridized carbons (Fsp3) is 0.632. The summed E-state index contributed by atoms with van der Waals surface area (Å²) in [5, 5.41) is 5.76. The normalized spacial score (nSPS) is 16.4. The Morgan fingerprint density at radius 3 is 2.37 bits per heavy atom. The van der Waals surface area contributed by atoms with Gasteiger partial charge in [-0.25, -0.2) is 0 Å². The van der Waals surface area contributed by atoms with Gasteiger partial charge in [0.25, 0.3) is 0 Å². The fourth-order valence-electron chi connectivity index (χ4n) is 3.12. The highest BCUT2D eigenvalue weighted by molar-refractivity contribution is 14.0. The van der Waals surface area contributed by atoms with E-state index in [1.54, 1.807) is 7.05 Å². The van der Waals surface area contributed by atoms with Crippen LogP contribution in [0.5, 0.6) is 0 Å². The highest BCUT2D eigenvalue weighted by atomic mass is 127. The minimum Gasteiger partial charge on any atom is -0.356 e. The summed E-state index contributed by atoms with van der Waals surface area (Å²) in [5.41, 5.74) is 2.36. The lowest BCUT2D eigenvalue weighted by atomic mass is 10.1. The van der Waals surface area contributed by atoms with Crippen LogP contribution in [0, 0.1) is 0 Å². The average Bonchev–Trinajstić information content (AvgIpc) is 2.86. The lowest BCUT2D eigenvalue weighted by molar-refractivity contribution is -0.132. The zero-order chi connectivity index (χ0) is 18.8. The van der Waals surface area contributed by atoms with Crippen LogP contribution in [0.15, 0.2) is 29.3 Å². The number of likely N-dealkylation sites (tertiary alicyclic amines) is 1. The Balaban J connectivity index is 0.00000364. The quantitative estimate of drug-likeness (QED) is 0.349. The third kappa shape index (κ3) is 10.2. The van der Waals surface area contributed by atoms with E-state index in [1.165, 1.54) is 31.2 Å². The van der Waals surface area contributed by atoms with Crippen molar-refractivity contribution in [1.82, 2.24) is 15.5 Å². The molecule has 1 saturated heterocycles. The second kappa shape index (κ2) is 12.4. The molecule has 0 atom stereocenters. The number of hydrogen-bond donors (Lipinski definition) is 2. The molecule has 1 aliphatic rings. The van der Waals surface area contributed by atoms with Crippen molar-refractivity contribution in [2.45, 2.75) is 51.4 Å². The van der Waals surface area contributed by atoms with Crippen LogP contribution in [0.25, 0.3) is 0 Å². The number of halogens is 4. The number of benzene rings is 1. The van der Waals surface area contributed by atoms with Gasteiger partial charge in [-0.15, -0.1) is 24.0 Å². The summed E-state index contributed by atoms with van der Waals surface area (Å²) in [6.45, 7) is 3.60. The molecule has 1 heterocycles. The molecule has 4 nitrogen and oxygen atoms in total. The van der Waals surface area contributed by atoms with Gasteiger partial charge in [0.05, 0.1) is 6.42 Å². The van der Waals surface area contributed by atoms with Gasteiger partial charge in [-0.2, -0.15) is 13.2 Å². The Morgan fingerprint density at radius 2 is 1.74 bits per heavy atom. The second-order valence-electron chi connectivity index (χ2n) is 6.73. The van der Waals surface area contributed by atoms with E-state index in [2.05, 4.69) is 32.7 Å². The van der Waals surface area contributed by atoms with Gasteiger partial charge in [0.15, 0.2) is 5.96 Å². The monoisotopic (exact) mass is 498 g/mol. The van der Waals surface area contributed by atoms with Crippen LogP contribution in [0.2, 0.25) is 0 Å². The van der Waals surface area contributed by atoms with E-state index in [-0.39, 0.29) is 30.5 Å². The van der Waals surface area contributed by atoms with Crippen molar-refractivity contribution in [3.05, 3.63) is 35.4 Å². The van der Waals surface area contributed by atoms with Gasteiger partial charge in [0, 0.05) is 26.7 Å². The molecule has 27 heavy (non-hydrogen) atoms. The molecule has 1 aliphatic heterocycles. The van der Waals surface area contributed by atoms with E-state index < -0.39 is 12.6 Å². The first-order valence-electron chi connectivity index (χ1n) is 9.28. The Morgan fingerprint density at radius 1 is 1.07 bits per heavy atom. The molecule has 0 spiro atoms. The van der Waals surface area contributed by atoms with Crippen molar-refractivity contribution < 1.29 is 13.2 Å². The van der Waals surface area contributed by atoms with Crippen molar-refractivity contribution >= 4 is 29.9 Å². The molecule has 2 N–H and O–H groups in total. The SMILES string of the molecule is CN=C(NCCC(F)(F)F)NCc1cccc(CN2CCCCCC2)c1.I. The molecule has 0 bridgehead atoms. The summed E-state index contributed by atoms with van der Waals surface area (Å²) in [7, 11) is 1.55. The number of guanidine groups is 1. The van der Waals surface area contributed by atoms with E-state index in [1.807, 2.05) is 12.1 Å². The first kappa shape index (κ1) is 24.0. The zero-order valence-electron chi connectivity index (χ0n) is 15.8. The smallest absolute Gasteiger partial charge is 0.356 e. The molecule has 1 aromatic carbocycles. The summed E-state index contributed by atoms with van der Waals surface area (Å²) in [6, 6.07) is 8.33. The Hall–Kier alpha value is -1.03. The van der Waals surface area contributed by atoms with Gasteiger partial charge >= 0.3 is 6.18 Å². The first-order valence-corrected chi connectivity index (χ1v) is 9.28. The van der Waals surface area contributed by atoms with E-state index in [0.717, 1.165) is 25.2 Å². The van der Waals surface area contributed by atoms with Crippen LogP contribution < -0.4 is 10.6 Å². The van der Waals surface area contributed by atoms with Crippen LogP contribution in [0.4, 0.5) is 13.2 Å². The average molecular weight is 498 g/mol. The largest absolute Gasteiger partial charge is 0.390 e. The minimum absolute atomic E-state index is 0. The maximum atomic E-state index is 12.2. The Bertz CT molecular complexity index is 570. The highest BCUT2D eigenvalue weighted by Gasteiger charge is 2.26. The molecular weight excluding hydrogens is 468 g/mol. The Labute approximate surface area is 177 Å². The van der Waals surface area contributed by atoms with Gasteiger partial charge in [-0.1, -0.05) is 37.1 Å². The van der Waals surface area contributed by atoms with E-state index in [4.69, 9.17) is 0 Å². The number of aliphatic imine (C=N–C) groups is 1. The maximum Gasteiger partial charge on any atom is 0.390 e. The summed E-state index contributed by atoms with van der Waals surface area (Å²) < 4.78 is 36.7. The summed E-state index contributed by atoms with van der Waals surface area (Å²) in [6.07, 6.45) is 0.136. The van der Waals surface area contributed by atoms with Crippen molar-refractivity contribution in [2.75, 3.05) is 26.7 Å². The molecule has 0 saturated carbocycles. The van der Waals surface area contributed by atoms with Gasteiger partial charge in [-0.3, -0.25) is 9.89 Å². The van der Waals surface area contributed by atoms with Gasteiger partial charge in [-0.05, 0) is 37.1 Å². The molecule has 0 unspecified atom stereocenters.